The van der Waals surface area contributed by atoms with Crippen LogP contribution in [0.1, 0.15) is 25.7 Å². The molecule has 0 radical (unpaired) electrons. The second kappa shape index (κ2) is 4.34. The van der Waals surface area contributed by atoms with Gasteiger partial charge in [-0.25, -0.2) is 9.67 Å². The van der Waals surface area contributed by atoms with Crippen LogP contribution in [0.25, 0.3) is 0 Å². The Morgan fingerprint density at radius 1 is 1.62 bits per heavy atom. The van der Waals surface area contributed by atoms with Gasteiger partial charge in [-0.2, -0.15) is 5.10 Å². The molecule has 1 rings (SSSR count). The summed E-state index contributed by atoms with van der Waals surface area (Å²) < 4.78 is 1.82. The molecule has 3 N–H and O–H groups in total. The first kappa shape index (κ1) is 10.1. The number of nitrogens with zero attached hydrogens (tertiary/aromatic N) is 3. The minimum absolute atomic E-state index is 0.0229. The Labute approximate surface area is 77.6 Å². The van der Waals surface area contributed by atoms with Crippen LogP contribution in [0.2, 0.25) is 0 Å². The van der Waals surface area contributed by atoms with Crippen molar-refractivity contribution in [3.8, 4) is 0 Å². The zero-order chi connectivity index (χ0) is 9.84. The molecule has 1 heterocycles. The maximum Gasteiger partial charge on any atom is 0.138 e. The fraction of sp³-hybridized carbons (Fsp3) is 0.750. The molecule has 1 aromatic heterocycles. The van der Waals surface area contributed by atoms with Crippen LogP contribution in [0.5, 0.6) is 0 Å². The molecule has 0 aliphatic rings. The third kappa shape index (κ3) is 2.50. The summed E-state index contributed by atoms with van der Waals surface area (Å²) in [5, 5.41) is 12.9. The number of aliphatic hydroxyl groups excluding tert-OH is 1. The number of hydrogen-bond donors (Lipinski definition) is 2. The van der Waals surface area contributed by atoms with Crippen molar-refractivity contribution >= 4 is 0 Å². The van der Waals surface area contributed by atoms with E-state index in [0.717, 1.165) is 5.82 Å². The molecule has 0 bridgehead atoms. The predicted molar refractivity (Wildman–Crippen MR) is 49.2 cm³/mol. The van der Waals surface area contributed by atoms with E-state index in [1.165, 1.54) is 6.33 Å². The molecule has 0 amide bonds. The molecule has 0 aliphatic carbocycles. The molecule has 1 aromatic rings. The molecular weight excluding hydrogens is 168 g/mol. The van der Waals surface area contributed by atoms with Crippen LogP contribution in [0, 0.1) is 0 Å². The number of rotatable bonds is 4. The molecule has 74 valence electrons. The molecule has 0 fully saturated rings. The molecule has 5 nitrogen and oxygen atoms in total. The average molecular weight is 184 g/mol. The van der Waals surface area contributed by atoms with E-state index in [2.05, 4.69) is 10.1 Å². The molecule has 1 unspecified atom stereocenters. The predicted octanol–water partition coefficient (Wildman–Crippen LogP) is -0.279. The van der Waals surface area contributed by atoms with Gasteiger partial charge in [0, 0.05) is 18.5 Å². The quantitative estimate of drug-likeness (QED) is 0.674. The number of aromatic nitrogens is 3. The average Bonchev–Trinajstić information content (AvgIpc) is 2.52. The Balaban J connectivity index is 2.70. The summed E-state index contributed by atoms with van der Waals surface area (Å²) >= 11 is 0. The van der Waals surface area contributed by atoms with Gasteiger partial charge in [0.2, 0.25) is 0 Å². The van der Waals surface area contributed by atoms with Gasteiger partial charge in [0.05, 0.1) is 6.61 Å². The van der Waals surface area contributed by atoms with Gasteiger partial charge in [-0.05, 0) is 13.8 Å². The summed E-state index contributed by atoms with van der Waals surface area (Å²) in [7, 11) is 0. The zero-order valence-electron chi connectivity index (χ0n) is 8.01. The molecule has 0 aromatic carbocycles. The number of nitrogens with two attached hydrogens (primary N) is 1. The molecular formula is C8H16N4O. The van der Waals surface area contributed by atoms with E-state index in [-0.39, 0.29) is 18.7 Å². The third-order valence-corrected chi connectivity index (χ3v) is 1.82. The molecule has 0 saturated heterocycles. The second-order valence-electron chi connectivity index (χ2n) is 3.36. The Morgan fingerprint density at radius 3 is 2.85 bits per heavy atom. The van der Waals surface area contributed by atoms with E-state index in [9.17, 15) is 0 Å². The first-order valence-corrected chi connectivity index (χ1v) is 4.40. The van der Waals surface area contributed by atoms with Crippen molar-refractivity contribution < 1.29 is 5.11 Å². The molecule has 0 aliphatic heterocycles. The van der Waals surface area contributed by atoms with Crippen LogP contribution < -0.4 is 5.73 Å². The summed E-state index contributed by atoms with van der Waals surface area (Å²) in [5.41, 5.74) is 5.60. The molecule has 0 spiro atoms. The Bertz CT molecular complexity index is 258. The van der Waals surface area contributed by atoms with Gasteiger partial charge in [0.15, 0.2) is 0 Å². The van der Waals surface area contributed by atoms with Crippen molar-refractivity contribution in [2.45, 2.75) is 32.4 Å². The van der Waals surface area contributed by atoms with Gasteiger partial charge >= 0.3 is 0 Å². The van der Waals surface area contributed by atoms with E-state index >= 15 is 0 Å². The maximum atomic E-state index is 8.78. The van der Waals surface area contributed by atoms with Crippen molar-refractivity contribution in [1.29, 1.82) is 0 Å². The van der Waals surface area contributed by atoms with E-state index in [0.29, 0.717) is 6.42 Å². The van der Waals surface area contributed by atoms with Crippen molar-refractivity contribution in [3.63, 3.8) is 0 Å². The summed E-state index contributed by atoms with van der Waals surface area (Å²) in [5.74, 6) is 0.830. The van der Waals surface area contributed by atoms with Gasteiger partial charge in [-0.15, -0.1) is 0 Å². The monoisotopic (exact) mass is 184 g/mol. The van der Waals surface area contributed by atoms with Crippen LogP contribution in [0.3, 0.4) is 0 Å². The zero-order valence-corrected chi connectivity index (χ0v) is 8.01. The van der Waals surface area contributed by atoms with E-state index < -0.39 is 0 Å². The lowest BCUT2D eigenvalue weighted by Crippen LogP contribution is -2.28. The molecule has 13 heavy (non-hydrogen) atoms. The number of hydrogen-bond acceptors (Lipinski definition) is 4. The highest BCUT2D eigenvalue weighted by Crippen LogP contribution is 2.06. The number of aliphatic hydroxyl groups is 1. The van der Waals surface area contributed by atoms with Crippen LogP contribution in [0.15, 0.2) is 6.33 Å². The topological polar surface area (TPSA) is 77.0 Å². The largest absolute Gasteiger partial charge is 0.395 e. The van der Waals surface area contributed by atoms with Gasteiger partial charge in [-0.1, -0.05) is 0 Å². The van der Waals surface area contributed by atoms with Crippen molar-refractivity contribution in [2.75, 3.05) is 6.61 Å². The molecule has 0 saturated carbocycles. The smallest absolute Gasteiger partial charge is 0.138 e. The van der Waals surface area contributed by atoms with E-state index in [1.54, 1.807) is 0 Å². The lowest BCUT2D eigenvalue weighted by molar-refractivity contribution is 0.262. The van der Waals surface area contributed by atoms with Crippen LogP contribution in [0.4, 0.5) is 0 Å². The fourth-order valence-electron chi connectivity index (χ4n) is 1.15. The Kier molecular flexibility index (Phi) is 3.39. The van der Waals surface area contributed by atoms with Gasteiger partial charge in [0.1, 0.15) is 12.2 Å². The Morgan fingerprint density at radius 2 is 2.31 bits per heavy atom. The SMILES string of the molecule is CC(C)n1ncnc1CC(N)CO. The highest BCUT2D eigenvalue weighted by molar-refractivity contribution is 4.90. The van der Waals surface area contributed by atoms with Crippen LogP contribution in [-0.4, -0.2) is 32.5 Å². The molecule has 1 atom stereocenters. The highest BCUT2D eigenvalue weighted by Gasteiger charge is 2.10. The maximum absolute atomic E-state index is 8.78. The summed E-state index contributed by atoms with van der Waals surface area (Å²) in [6.07, 6.45) is 2.08. The molecule has 5 heteroatoms. The lowest BCUT2D eigenvalue weighted by atomic mass is 10.2. The Hall–Kier alpha value is -0.940. The first-order chi connectivity index (χ1) is 6.15. The minimum Gasteiger partial charge on any atom is -0.395 e. The van der Waals surface area contributed by atoms with Gasteiger partial charge < -0.3 is 10.8 Å². The highest BCUT2D eigenvalue weighted by atomic mass is 16.3. The van der Waals surface area contributed by atoms with Crippen molar-refractivity contribution in [1.82, 2.24) is 14.8 Å². The fourth-order valence-corrected chi connectivity index (χ4v) is 1.15. The van der Waals surface area contributed by atoms with Crippen molar-refractivity contribution in [3.05, 3.63) is 12.2 Å². The summed E-state index contributed by atoms with van der Waals surface area (Å²) in [6.45, 7) is 4.04. The van der Waals surface area contributed by atoms with E-state index in [4.69, 9.17) is 10.8 Å². The van der Waals surface area contributed by atoms with Crippen molar-refractivity contribution in [2.24, 2.45) is 5.73 Å². The van der Waals surface area contributed by atoms with Crippen LogP contribution >= 0.6 is 0 Å². The van der Waals surface area contributed by atoms with Gasteiger partial charge in [0.25, 0.3) is 0 Å². The van der Waals surface area contributed by atoms with E-state index in [1.807, 2.05) is 18.5 Å². The minimum atomic E-state index is -0.248. The summed E-state index contributed by atoms with van der Waals surface area (Å²) in [6, 6.07) is 0.0325. The van der Waals surface area contributed by atoms with Crippen LogP contribution in [-0.2, 0) is 6.42 Å². The lowest BCUT2D eigenvalue weighted by Gasteiger charge is -2.11. The standard InChI is InChI=1S/C8H16N4O/c1-6(2)12-8(10-5-11-12)3-7(9)4-13/h5-7,13H,3-4,9H2,1-2H3. The van der Waals surface area contributed by atoms with Gasteiger partial charge in [-0.3, -0.25) is 0 Å². The second-order valence-corrected chi connectivity index (χ2v) is 3.36. The first-order valence-electron chi connectivity index (χ1n) is 4.40. The summed E-state index contributed by atoms with van der Waals surface area (Å²) in [4.78, 5) is 4.09. The normalized spacial score (nSPS) is 13.6. The third-order valence-electron chi connectivity index (χ3n) is 1.82.